The maximum atomic E-state index is 12.9. The van der Waals surface area contributed by atoms with E-state index in [2.05, 4.69) is 10.6 Å². The van der Waals surface area contributed by atoms with Crippen LogP contribution in [0.2, 0.25) is 5.02 Å². The molecule has 2 rings (SSSR count). The lowest BCUT2D eigenvalue weighted by Crippen LogP contribution is -2.49. The van der Waals surface area contributed by atoms with E-state index in [0.717, 1.165) is 24.3 Å². The second kappa shape index (κ2) is 8.83. The summed E-state index contributed by atoms with van der Waals surface area (Å²) in [7, 11) is 0. The minimum Gasteiger partial charge on any atom is -0.361 e. The molecule has 0 fully saturated rings. The Balaban J connectivity index is 2.27. The Morgan fingerprint density at radius 2 is 1.66 bits per heavy atom. The molecular formula is C16H10Cl4F3N3O3. The van der Waals surface area contributed by atoms with Crippen LogP contribution < -0.4 is 10.6 Å². The van der Waals surface area contributed by atoms with E-state index < -0.39 is 32.5 Å². The van der Waals surface area contributed by atoms with E-state index in [4.69, 9.17) is 46.4 Å². The Hall–Kier alpha value is -1.94. The first kappa shape index (κ1) is 23.3. The zero-order valence-electron chi connectivity index (χ0n) is 13.9. The van der Waals surface area contributed by atoms with Crippen molar-refractivity contribution in [2.75, 3.05) is 5.32 Å². The first-order valence-electron chi connectivity index (χ1n) is 7.54. The van der Waals surface area contributed by atoms with Crippen LogP contribution in [0.5, 0.6) is 0 Å². The number of carbonyl (C=O) groups excluding carboxylic acids is 1. The van der Waals surface area contributed by atoms with Gasteiger partial charge in [-0.2, -0.15) is 13.2 Å². The van der Waals surface area contributed by atoms with Gasteiger partial charge in [-0.1, -0.05) is 46.4 Å². The lowest BCUT2D eigenvalue weighted by atomic mass is 10.2. The molecule has 156 valence electrons. The molecule has 0 unspecified atom stereocenters. The van der Waals surface area contributed by atoms with E-state index in [1.165, 1.54) is 12.1 Å². The van der Waals surface area contributed by atoms with Crippen molar-refractivity contribution >= 4 is 63.7 Å². The molecule has 6 nitrogen and oxygen atoms in total. The van der Waals surface area contributed by atoms with Crippen molar-refractivity contribution in [3.63, 3.8) is 0 Å². The Morgan fingerprint density at radius 3 is 2.14 bits per heavy atom. The van der Waals surface area contributed by atoms with Gasteiger partial charge >= 0.3 is 6.18 Å². The van der Waals surface area contributed by atoms with Crippen LogP contribution in [-0.4, -0.2) is 20.8 Å². The molecule has 29 heavy (non-hydrogen) atoms. The third kappa shape index (κ3) is 6.27. The molecule has 0 spiro atoms. The van der Waals surface area contributed by atoms with Crippen molar-refractivity contribution in [2.24, 2.45) is 0 Å². The van der Waals surface area contributed by atoms with E-state index in [1.807, 2.05) is 0 Å². The standard InChI is InChI=1S/C16H10Cl4F3N3O3/c17-11-6-3-9(16(21,22)23)7-12(11)24-14(15(18,19)20)25-13(27)8-1-4-10(5-2-8)26(28)29/h1-7,14,24H,(H,25,27)/t14-/m0/s1. The van der Waals surface area contributed by atoms with Crippen LogP contribution in [0.3, 0.4) is 0 Å². The average Bonchev–Trinajstić information content (AvgIpc) is 2.61. The van der Waals surface area contributed by atoms with Crippen molar-refractivity contribution < 1.29 is 22.9 Å². The number of alkyl halides is 6. The van der Waals surface area contributed by atoms with Gasteiger partial charge in [0, 0.05) is 17.7 Å². The van der Waals surface area contributed by atoms with Crippen molar-refractivity contribution in [1.29, 1.82) is 0 Å². The molecule has 0 aliphatic heterocycles. The molecule has 0 aliphatic rings. The molecular weight excluding hydrogens is 481 g/mol. The lowest BCUT2D eigenvalue weighted by Gasteiger charge is -2.28. The molecule has 0 saturated carbocycles. The van der Waals surface area contributed by atoms with Crippen LogP contribution in [0.25, 0.3) is 0 Å². The Bertz CT molecular complexity index is 918. The Kier molecular flexibility index (Phi) is 7.10. The lowest BCUT2D eigenvalue weighted by molar-refractivity contribution is -0.384. The van der Waals surface area contributed by atoms with Gasteiger partial charge in [-0.25, -0.2) is 0 Å². The van der Waals surface area contributed by atoms with Crippen LogP contribution in [0.4, 0.5) is 24.5 Å². The smallest absolute Gasteiger partial charge is 0.361 e. The number of carbonyl (C=O) groups is 1. The summed E-state index contributed by atoms with van der Waals surface area (Å²) in [6.45, 7) is 0. The van der Waals surface area contributed by atoms with Gasteiger partial charge in [0.2, 0.25) is 3.79 Å². The minimum absolute atomic E-state index is 0.00760. The van der Waals surface area contributed by atoms with Gasteiger partial charge in [-0.3, -0.25) is 14.9 Å². The normalized spacial score (nSPS) is 12.9. The van der Waals surface area contributed by atoms with Crippen molar-refractivity contribution in [3.05, 3.63) is 68.7 Å². The highest BCUT2D eigenvalue weighted by molar-refractivity contribution is 6.68. The average molecular weight is 491 g/mol. The summed E-state index contributed by atoms with van der Waals surface area (Å²) < 4.78 is 36.6. The van der Waals surface area contributed by atoms with Gasteiger partial charge in [-0.15, -0.1) is 0 Å². The summed E-state index contributed by atoms with van der Waals surface area (Å²) in [4.78, 5) is 22.4. The summed E-state index contributed by atoms with van der Waals surface area (Å²) in [6, 6.07) is 6.99. The molecule has 2 N–H and O–H groups in total. The zero-order chi connectivity index (χ0) is 22.0. The number of non-ortho nitro benzene ring substituents is 1. The zero-order valence-corrected chi connectivity index (χ0v) is 17.0. The number of nitro groups is 1. The summed E-state index contributed by atoms with van der Waals surface area (Å²) in [5.74, 6) is -0.799. The van der Waals surface area contributed by atoms with Crippen LogP contribution in [-0.2, 0) is 6.18 Å². The highest BCUT2D eigenvalue weighted by Gasteiger charge is 2.36. The largest absolute Gasteiger partial charge is 0.416 e. The highest BCUT2D eigenvalue weighted by Crippen LogP contribution is 2.36. The maximum Gasteiger partial charge on any atom is 0.416 e. The minimum atomic E-state index is -4.64. The summed E-state index contributed by atoms with van der Waals surface area (Å²) in [5, 5.41) is 15.3. The van der Waals surface area contributed by atoms with E-state index >= 15 is 0 Å². The van der Waals surface area contributed by atoms with Gasteiger partial charge < -0.3 is 10.6 Å². The van der Waals surface area contributed by atoms with Crippen molar-refractivity contribution in [3.8, 4) is 0 Å². The highest BCUT2D eigenvalue weighted by atomic mass is 35.6. The predicted octanol–water partition coefficient (Wildman–Crippen LogP) is 5.81. The number of nitro benzene ring substituents is 1. The second-order valence-electron chi connectivity index (χ2n) is 5.59. The van der Waals surface area contributed by atoms with Crippen molar-refractivity contribution in [2.45, 2.75) is 16.1 Å². The third-order valence-corrected chi connectivity index (χ3v) is 4.52. The van der Waals surface area contributed by atoms with E-state index in [1.54, 1.807) is 0 Å². The van der Waals surface area contributed by atoms with Gasteiger partial charge in [0.15, 0.2) is 0 Å². The molecule has 0 bridgehead atoms. The van der Waals surface area contributed by atoms with Crippen LogP contribution in [0, 0.1) is 10.1 Å². The Morgan fingerprint density at radius 1 is 1.07 bits per heavy atom. The molecule has 0 aliphatic carbocycles. The molecule has 2 aromatic rings. The number of hydrogen-bond donors (Lipinski definition) is 2. The van der Waals surface area contributed by atoms with Crippen LogP contribution >= 0.6 is 46.4 Å². The molecule has 0 saturated heterocycles. The first-order valence-corrected chi connectivity index (χ1v) is 9.05. The van der Waals surface area contributed by atoms with E-state index in [9.17, 15) is 28.1 Å². The quantitative estimate of drug-likeness (QED) is 0.240. The van der Waals surface area contributed by atoms with Crippen LogP contribution in [0.1, 0.15) is 15.9 Å². The fraction of sp³-hybridized carbons (Fsp3) is 0.188. The topological polar surface area (TPSA) is 84.3 Å². The van der Waals surface area contributed by atoms with Crippen LogP contribution in [0.15, 0.2) is 42.5 Å². The van der Waals surface area contributed by atoms with E-state index in [-0.39, 0.29) is 22.0 Å². The fourth-order valence-corrected chi connectivity index (χ4v) is 2.62. The number of hydrogen-bond acceptors (Lipinski definition) is 4. The molecule has 1 amide bonds. The van der Waals surface area contributed by atoms with E-state index in [0.29, 0.717) is 6.07 Å². The predicted molar refractivity (Wildman–Crippen MR) is 105 cm³/mol. The molecule has 0 radical (unpaired) electrons. The van der Waals surface area contributed by atoms with Gasteiger partial charge in [0.1, 0.15) is 6.17 Å². The number of rotatable bonds is 5. The first-order chi connectivity index (χ1) is 13.3. The second-order valence-corrected chi connectivity index (χ2v) is 8.36. The molecule has 2 aromatic carbocycles. The SMILES string of the molecule is O=C(N[C@H](Nc1cc(C(F)(F)F)ccc1Cl)C(Cl)(Cl)Cl)c1ccc([N+](=O)[O-])cc1. The van der Waals surface area contributed by atoms with Gasteiger partial charge in [0.25, 0.3) is 11.6 Å². The molecule has 0 aromatic heterocycles. The Labute approximate surface area is 182 Å². The summed E-state index contributed by atoms with van der Waals surface area (Å²) >= 11 is 23.4. The summed E-state index contributed by atoms with van der Waals surface area (Å²) in [6.07, 6.45) is -6.13. The monoisotopic (exact) mass is 489 g/mol. The molecule has 0 heterocycles. The number of benzene rings is 2. The number of nitrogens with zero attached hydrogens (tertiary/aromatic N) is 1. The third-order valence-electron chi connectivity index (χ3n) is 3.54. The molecule has 1 atom stereocenters. The van der Waals surface area contributed by atoms with Gasteiger partial charge in [0.05, 0.1) is 21.2 Å². The number of halogens is 7. The maximum absolute atomic E-state index is 12.9. The summed E-state index contributed by atoms with van der Waals surface area (Å²) in [5.41, 5.74) is -1.49. The number of nitrogens with one attached hydrogen (secondary N) is 2. The fourth-order valence-electron chi connectivity index (χ4n) is 2.12. The number of anilines is 1. The van der Waals surface area contributed by atoms with Gasteiger partial charge in [-0.05, 0) is 30.3 Å². The molecule has 13 heteroatoms. The van der Waals surface area contributed by atoms with Crippen molar-refractivity contribution in [1.82, 2.24) is 5.32 Å². The number of amides is 1.